The minimum Gasteiger partial charge on any atom is -0.397 e. The molecule has 0 saturated heterocycles. The molecule has 3 aromatic carbocycles. The molecule has 1 amide bonds. The maximum atomic E-state index is 12.8. The van der Waals surface area contributed by atoms with Crippen LogP contribution in [0.4, 0.5) is 17.1 Å². The Morgan fingerprint density at radius 1 is 0.889 bits per heavy atom. The zero-order valence-electron chi connectivity index (χ0n) is 19.3. The van der Waals surface area contributed by atoms with Crippen LogP contribution in [0.1, 0.15) is 16.1 Å². The second-order valence-electron chi connectivity index (χ2n) is 8.55. The van der Waals surface area contributed by atoms with Crippen molar-refractivity contribution in [3.05, 3.63) is 109 Å². The summed E-state index contributed by atoms with van der Waals surface area (Å²) in [6.45, 7) is 0.609. The highest BCUT2D eigenvalue weighted by molar-refractivity contribution is 6.07. The minimum atomic E-state index is -0.151. The molecule has 6 rings (SSSR count). The molecule has 3 aromatic heterocycles. The first-order chi connectivity index (χ1) is 17.6. The fourth-order valence-electron chi connectivity index (χ4n) is 4.17. The second kappa shape index (κ2) is 8.92. The molecule has 0 saturated carbocycles. The van der Waals surface area contributed by atoms with Gasteiger partial charge >= 0.3 is 0 Å². The zero-order valence-corrected chi connectivity index (χ0v) is 19.3. The Balaban J connectivity index is 1.16. The topological polar surface area (TPSA) is 114 Å². The number of carbonyl (C=O) groups is 1. The first-order valence-electron chi connectivity index (χ1n) is 11.5. The number of fused-ring (bicyclic) bond motifs is 2. The van der Waals surface area contributed by atoms with Crippen LogP contribution in [0.2, 0.25) is 0 Å². The summed E-state index contributed by atoms with van der Waals surface area (Å²) in [5.74, 6) is -0.151. The van der Waals surface area contributed by atoms with E-state index in [0.717, 1.165) is 44.6 Å². The average Bonchev–Trinajstić information content (AvgIpc) is 3.55. The molecule has 0 radical (unpaired) electrons. The van der Waals surface area contributed by atoms with E-state index in [0.29, 0.717) is 17.8 Å². The van der Waals surface area contributed by atoms with E-state index in [-0.39, 0.29) is 5.91 Å². The molecule has 8 heteroatoms. The minimum absolute atomic E-state index is 0.151. The van der Waals surface area contributed by atoms with Gasteiger partial charge in [0.05, 0.1) is 41.5 Å². The van der Waals surface area contributed by atoms with Crippen molar-refractivity contribution in [3.63, 3.8) is 0 Å². The van der Waals surface area contributed by atoms with Crippen molar-refractivity contribution in [2.45, 2.75) is 6.54 Å². The number of carbonyl (C=O) groups excluding carboxylic acids is 1. The van der Waals surface area contributed by atoms with Gasteiger partial charge in [-0.25, -0.2) is 4.68 Å². The summed E-state index contributed by atoms with van der Waals surface area (Å²) in [6, 6.07) is 25.1. The molecule has 6 aromatic rings. The lowest BCUT2D eigenvalue weighted by Crippen LogP contribution is -2.11. The van der Waals surface area contributed by atoms with Crippen molar-refractivity contribution in [2.75, 3.05) is 16.4 Å². The molecule has 0 unspecified atom stereocenters. The first kappa shape index (κ1) is 21.4. The van der Waals surface area contributed by atoms with Crippen molar-refractivity contribution in [1.82, 2.24) is 19.7 Å². The molecule has 0 fully saturated rings. The van der Waals surface area contributed by atoms with Gasteiger partial charge in [-0.15, -0.1) is 0 Å². The number of hydrogen-bond donors (Lipinski definition) is 4. The molecule has 5 N–H and O–H groups in total. The number of anilines is 3. The summed E-state index contributed by atoms with van der Waals surface area (Å²) < 4.78 is 1.88. The maximum absolute atomic E-state index is 12.8. The highest BCUT2D eigenvalue weighted by atomic mass is 16.1. The van der Waals surface area contributed by atoms with Crippen LogP contribution in [0.3, 0.4) is 0 Å². The highest BCUT2D eigenvalue weighted by Gasteiger charge is 2.10. The van der Waals surface area contributed by atoms with Crippen molar-refractivity contribution in [2.24, 2.45) is 0 Å². The predicted molar refractivity (Wildman–Crippen MR) is 143 cm³/mol. The van der Waals surface area contributed by atoms with Crippen molar-refractivity contribution in [1.29, 1.82) is 0 Å². The summed E-state index contributed by atoms with van der Waals surface area (Å²) in [7, 11) is 0. The monoisotopic (exact) mass is 473 g/mol. The Bertz CT molecular complexity index is 1680. The van der Waals surface area contributed by atoms with Crippen LogP contribution in [-0.4, -0.2) is 25.7 Å². The van der Waals surface area contributed by atoms with Gasteiger partial charge in [-0.05, 0) is 78.9 Å². The van der Waals surface area contributed by atoms with E-state index in [1.807, 2.05) is 89.7 Å². The Labute approximate surface area is 206 Å². The van der Waals surface area contributed by atoms with E-state index in [1.54, 1.807) is 12.4 Å². The van der Waals surface area contributed by atoms with Crippen LogP contribution in [-0.2, 0) is 6.54 Å². The summed E-state index contributed by atoms with van der Waals surface area (Å²) >= 11 is 0. The number of aromatic nitrogens is 4. The SMILES string of the molecule is Nc1ccc(CNc2ccc(-n3ncc4cc(NC(=O)c5ccc6[nH]ccc6c5)ccc43)cc2)nc1. The summed E-state index contributed by atoms with van der Waals surface area (Å²) in [5, 5.41) is 12.9. The van der Waals surface area contributed by atoms with Crippen molar-refractivity contribution >= 4 is 44.8 Å². The normalized spacial score (nSPS) is 11.1. The molecule has 0 spiro atoms. The van der Waals surface area contributed by atoms with Crippen LogP contribution in [0.5, 0.6) is 0 Å². The third-order valence-electron chi connectivity index (χ3n) is 6.07. The number of nitrogens with one attached hydrogen (secondary N) is 3. The van der Waals surface area contributed by atoms with E-state index in [1.165, 1.54) is 0 Å². The van der Waals surface area contributed by atoms with Gasteiger partial charge in [0.15, 0.2) is 0 Å². The number of H-pyrrole nitrogens is 1. The van der Waals surface area contributed by atoms with Gasteiger partial charge in [-0.3, -0.25) is 9.78 Å². The van der Waals surface area contributed by atoms with E-state index in [4.69, 9.17) is 5.73 Å². The first-order valence-corrected chi connectivity index (χ1v) is 11.5. The Kier molecular flexibility index (Phi) is 5.31. The predicted octanol–water partition coefficient (Wildman–Crippen LogP) is 5.35. The molecule has 176 valence electrons. The number of nitrogen functional groups attached to an aromatic ring is 1. The third-order valence-corrected chi connectivity index (χ3v) is 6.07. The quantitative estimate of drug-likeness (QED) is 0.260. The van der Waals surface area contributed by atoms with Gasteiger partial charge < -0.3 is 21.4 Å². The van der Waals surface area contributed by atoms with Gasteiger partial charge in [0.2, 0.25) is 0 Å². The van der Waals surface area contributed by atoms with Gasteiger partial charge in [0.1, 0.15) is 0 Å². The standard InChI is InChI=1S/C28H23N7O/c29-21-2-3-24(31-16-21)17-32-22-4-7-25(8-5-22)35-27-10-6-23(14-20(27)15-33-35)34-28(36)19-1-9-26-18(13-19)11-12-30-26/h1-16,30,32H,17,29H2,(H,34,36). The van der Waals surface area contributed by atoms with E-state index >= 15 is 0 Å². The lowest BCUT2D eigenvalue weighted by atomic mass is 10.1. The zero-order chi connectivity index (χ0) is 24.5. The fraction of sp³-hybridized carbons (Fsp3) is 0.0357. The van der Waals surface area contributed by atoms with Crippen LogP contribution < -0.4 is 16.4 Å². The molecule has 8 nitrogen and oxygen atoms in total. The van der Waals surface area contributed by atoms with Crippen LogP contribution in [0.15, 0.2) is 97.5 Å². The Morgan fingerprint density at radius 2 is 1.75 bits per heavy atom. The number of aromatic amines is 1. The number of nitrogens with zero attached hydrogens (tertiary/aromatic N) is 3. The van der Waals surface area contributed by atoms with Gasteiger partial charge in [-0.1, -0.05) is 0 Å². The van der Waals surface area contributed by atoms with Crippen molar-refractivity contribution < 1.29 is 4.79 Å². The van der Waals surface area contributed by atoms with Gasteiger partial charge in [0, 0.05) is 39.4 Å². The molecular weight excluding hydrogens is 450 g/mol. The lowest BCUT2D eigenvalue weighted by Gasteiger charge is -2.09. The lowest BCUT2D eigenvalue weighted by molar-refractivity contribution is 0.102. The molecule has 0 bridgehead atoms. The Hall–Kier alpha value is -5.11. The summed E-state index contributed by atoms with van der Waals surface area (Å²) in [6.07, 6.45) is 5.32. The number of nitrogens with two attached hydrogens (primary N) is 1. The molecule has 0 aliphatic carbocycles. The average molecular weight is 474 g/mol. The number of rotatable bonds is 6. The van der Waals surface area contributed by atoms with E-state index in [2.05, 4.69) is 25.7 Å². The van der Waals surface area contributed by atoms with E-state index < -0.39 is 0 Å². The second-order valence-corrected chi connectivity index (χ2v) is 8.55. The molecule has 0 aliphatic rings. The molecule has 0 atom stereocenters. The van der Waals surface area contributed by atoms with E-state index in [9.17, 15) is 4.79 Å². The third kappa shape index (κ3) is 4.23. The maximum Gasteiger partial charge on any atom is 0.255 e. The molecular formula is C28H23N7O. The number of amides is 1. The van der Waals surface area contributed by atoms with Gasteiger partial charge in [-0.2, -0.15) is 5.10 Å². The number of pyridine rings is 1. The number of benzene rings is 3. The van der Waals surface area contributed by atoms with Gasteiger partial charge in [0.25, 0.3) is 5.91 Å². The van der Waals surface area contributed by atoms with Crippen molar-refractivity contribution in [3.8, 4) is 5.69 Å². The smallest absolute Gasteiger partial charge is 0.255 e. The largest absolute Gasteiger partial charge is 0.397 e. The highest BCUT2D eigenvalue weighted by Crippen LogP contribution is 2.24. The Morgan fingerprint density at radius 3 is 2.58 bits per heavy atom. The summed E-state index contributed by atoms with van der Waals surface area (Å²) in [5.41, 5.74) is 12.5. The summed E-state index contributed by atoms with van der Waals surface area (Å²) in [4.78, 5) is 20.2. The molecule has 36 heavy (non-hydrogen) atoms. The van der Waals surface area contributed by atoms with Crippen LogP contribution >= 0.6 is 0 Å². The van der Waals surface area contributed by atoms with Crippen LogP contribution in [0, 0.1) is 0 Å². The molecule has 0 aliphatic heterocycles. The van der Waals surface area contributed by atoms with Crippen LogP contribution in [0.25, 0.3) is 27.5 Å². The fourth-order valence-corrected chi connectivity index (χ4v) is 4.17. The number of hydrogen-bond acceptors (Lipinski definition) is 5. The molecule has 3 heterocycles.